The Morgan fingerprint density at radius 1 is 1.26 bits per heavy atom. The van der Waals surface area contributed by atoms with Crippen molar-refractivity contribution in [3.63, 3.8) is 0 Å². The Balaban J connectivity index is 1.39. The van der Waals surface area contributed by atoms with E-state index in [0.29, 0.717) is 13.2 Å². The van der Waals surface area contributed by atoms with E-state index >= 15 is 0 Å². The second-order valence-corrected chi connectivity index (χ2v) is 7.11. The number of ether oxygens (including phenoxy) is 1. The van der Waals surface area contributed by atoms with Crippen molar-refractivity contribution in [3.8, 4) is 0 Å². The fourth-order valence-electron chi connectivity index (χ4n) is 3.61. The van der Waals surface area contributed by atoms with Gasteiger partial charge in [-0.05, 0) is 26.0 Å². The molecule has 0 unspecified atom stereocenters. The van der Waals surface area contributed by atoms with Gasteiger partial charge in [-0.15, -0.1) is 0 Å². The minimum atomic E-state index is 0.252. The number of aromatic nitrogens is 5. The topological polar surface area (TPSA) is 61.0 Å². The van der Waals surface area contributed by atoms with Crippen molar-refractivity contribution in [2.75, 3.05) is 13.2 Å². The summed E-state index contributed by atoms with van der Waals surface area (Å²) in [5.74, 6) is 0. The Hall–Kier alpha value is -2.51. The van der Waals surface area contributed by atoms with Gasteiger partial charge in [0.1, 0.15) is 0 Å². The average Bonchev–Trinajstić information content (AvgIpc) is 3.31. The van der Waals surface area contributed by atoms with Gasteiger partial charge in [0.2, 0.25) is 0 Å². The smallest absolute Gasteiger partial charge is 0.0952 e. The van der Waals surface area contributed by atoms with Crippen LogP contribution in [0.1, 0.15) is 35.6 Å². The minimum absolute atomic E-state index is 0.252. The molecule has 0 amide bonds. The molecule has 0 spiro atoms. The van der Waals surface area contributed by atoms with E-state index in [4.69, 9.17) is 4.74 Å². The highest BCUT2D eigenvalue weighted by molar-refractivity contribution is 5.10. The monoisotopic (exact) mass is 366 g/mol. The molecule has 0 saturated carbocycles. The first-order chi connectivity index (χ1) is 13.2. The number of hydrogen-bond acceptors (Lipinski definition) is 5. The summed E-state index contributed by atoms with van der Waals surface area (Å²) in [6.45, 7) is 8.90. The number of nitrogens with zero attached hydrogens (tertiary/aromatic N) is 6. The van der Waals surface area contributed by atoms with Gasteiger partial charge in [0.05, 0.1) is 43.2 Å². The molecule has 27 heavy (non-hydrogen) atoms. The van der Waals surface area contributed by atoms with Crippen molar-refractivity contribution in [1.82, 2.24) is 29.2 Å². The fraction of sp³-hybridized carbons (Fsp3) is 0.450. The van der Waals surface area contributed by atoms with E-state index in [0.717, 1.165) is 37.6 Å². The molecule has 142 valence electrons. The molecular weight excluding hydrogens is 340 g/mol. The Morgan fingerprint density at radius 2 is 2.19 bits per heavy atom. The highest BCUT2D eigenvalue weighted by atomic mass is 16.5. The number of fused-ring (bicyclic) bond motifs is 1. The first-order valence-corrected chi connectivity index (χ1v) is 9.46. The Kier molecular flexibility index (Phi) is 5.31. The second-order valence-electron chi connectivity index (χ2n) is 7.11. The fourth-order valence-corrected chi connectivity index (χ4v) is 3.61. The van der Waals surface area contributed by atoms with Crippen LogP contribution in [-0.2, 0) is 31.0 Å². The molecular formula is C20H26N6O. The Bertz CT molecular complexity index is 886. The number of hydrogen-bond donors (Lipinski definition) is 0. The Labute approximate surface area is 159 Å². The van der Waals surface area contributed by atoms with Crippen molar-refractivity contribution in [2.45, 2.75) is 46.1 Å². The van der Waals surface area contributed by atoms with E-state index in [2.05, 4.69) is 37.7 Å². The van der Waals surface area contributed by atoms with Crippen LogP contribution in [0.15, 0.2) is 43.1 Å². The molecule has 7 nitrogen and oxygen atoms in total. The van der Waals surface area contributed by atoms with Gasteiger partial charge in [0.15, 0.2) is 0 Å². The molecule has 0 N–H and O–H groups in total. The van der Waals surface area contributed by atoms with Gasteiger partial charge in [0, 0.05) is 49.8 Å². The lowest BCUT2D eigenvalue weighted by molar-refractivity contribution is 0.0572. The normalized spacial score (nSPS) is 17.2. The van der Waals surface area contributed by atoms with Crippen LogP contribution in [0.25, 0.3) is 0 Å². The van der Waals surface area contributed by atoms with Gasteiger partial charge in [-0.3, -0.25) is 14.6 Å². The van der Waals surface area contributed by atoms with Crippen molar-refractivity contribution < 1.29 is 4.74 Å². The summed E-state index contributed by atoms with van der Waals surface area (Å²) < 4.78 is 10.2. The second kappa shape index (κ2) is 8.02. The predicted molar refractivity (Wildman–Crippen MR) is 102 cm³/mol. The number of aryl methyl sites for hydroxylation is 2. The van der Waals surface area contributed by atoms with Crippen molar-refractivity contribution in [2.24, 2.45) is 0 Å². The predicted octanol–water partition coefficient (Wildman–Crippen LogP) is 2.58. The lowest BCUT2D eigenvalue weighted by atomic mass is 10.2. The molecule has 1 aliphatic heterocycles. The first kappa shape index (κ1) is 17.9. The third-order valence-corrected chi connectivity index (χ3v) is 4.92. The number of imidazole rings is 1. The van der Waals surface area contributed by atoms with Gasteiger partial charge < -0.3 is 9.30 Å². The van der Waals surface area contributed by atoms with E-state index in [1.54, 1.807) is 0 Å². The van der Waals surface area contributed by atoms with Crippen molar-refractivity contribution >= 4 is 0 Å². The molecule has 0 bridgehead atoms. The summed E-state index contributed by atoms with van der Waals surface area (Å²) >= 11 is 0. The van der Waals surface area contributed by atoms with Crippen LogP contribution < -0.4 is 0 Å². The molecule has 4 heterocycles. The van der Waals surface area contributed by atoms with Gasteiger partial charge in [-0.25, -0.2) is 4.98 Å². The van der Waals surface area contributed by atoms with E-state index in [9.17, 15) is 0 Å². The average molecular weight is 366 g/mol. The standard InChI is InChI=1S/C20H26N6O/c1-3-25-10-17(7-22-25)9-24-11-19-8-21-15-26(19)20(12-24)14-27-13-18-6-4-5-16(2)23-18/h4-8,10,15,20H,3,9,11-14H2,1-2H3/t20-/m0/s1. The quantitative estimate of drug-likeness (QED) is 0.643. The van der Waals surface area contributed by atoms with Crippen LogP contribution in [-0.4, -0.2) is 42.4 Å². The summed E-state index contributed by atoms with van der Waals surface area (Å²) in [7, 11) is 0. The lowest BCUT2D eigenvalue weighted by Crippen LogP contribution is -2.38. The molecule has 7 heteroatoms. The summed E-state index contributed by atoms with van der Waals surface area (Å²) in [6, 6.07) is 6.28. The zero-order chi connectivity index (χ0) is 18.6. The summed E-state index contributed by atoms with van der Waals surface area (Å²) in [5.41, 5.74) is 4.46. The molecule has 1 aliphatic rings. The molecule has 1 atom stereocenters. The van der Waals surface area contributed by atoms with Crippen LogP contribution in [0.4, 0.5) is 0 Å². The Morgan fingerprint density at radius 3 is 3.00 bits per heavy atom. The van der Waals surface area contributed by atoms with Crippen LogP contribution in [0.5, 0.6) is 0 Å². The third kappa shape index (κ3) is 4.26. The lowest BCUT2D eigenvalue weighted by Gasteiger charge is -2.34. The highest BCUT2D eigenvalue weighted by Crippen LogP contribution is 2.23. The summed E-state index contributed by atoms with van der Waals surface area (Å²) in [4.78, 5) is 11.3. The molecule has 0 fully saturated rings. The van der Waals surface area contributed by atoms with Gasteiger partial charge >= 0.3 is 0 Å². The SMILES string of the molecule is CCn1cc(CN2Cc3cncn3[C@H](COCc3cccc(C)n3)C2)cn1. The van der Waals surface area contributed by atoms with Crippen LogP contribution in [0, 0.1) is 6.92 Å². The molecule has 3 aromatic rings. The van der Waals surface area contributed by atoms with Crippen molar-refractivity contribution in [1.29, 1.82) is 0 Å². The van der Waals surface area contributed by atoms with Crippen LogP contribution in [0.3, 0.4) is 0 Å². The molecule has 3 aromatic heterocycles. The molecule has 0 radical (unpaired) electrons. The van der Waals surface area contributed by atoms with E-state index < -0.39 is 0 Å². The van der Waals surface area contributed by atoms with Gasteiger partial charge in [0.25, 0.3) is 0 Å². The molecule has 4 rings (SSSR count). The first-order valence-electron chi connectivity index (χ1n) is 9.46. The van der Waals surface area contributed by atoms with Gasteiger partial charge in [-0.2, -0.15) is 5.10 Å². The third-order valence-electron chi connectivity index (χ3n) is 4.92. The van der Waals surface area contributed by atoms with Gasteiger partial charge in [-0.1, -0.05) is 6.07 Å². The van der Waals surface area contributed by atoms with E-state index in [1.807, 2.05) is 48.5 Å². The maximum absolute atomic E-state index is 6.01. The number of pyridine rings is 1. The zero-order valence-electron chi connectivity index (χ0n) is 16.0. The number of rotatable bonds is 7. The highest BCUT2D eigenvalue weighted by Gasteiger charge is 2.25. The summed E-state index contributed by atoms with van der Waals surface area (Å²) in [5, 5.41) is 4.38. The zero-order valence-corrected chi connectivity index (χ0v) is 16.0. The largest absolute Gasteiger partial charge is 0.373 e. The molecule has 0 saturated heterocycles. The van der Waals surface area contributed by atoms with Crippen molar-refractivity contribution in [3.05, 3.63) is 65.8 Å². The minimum Gasteiger partial charge on any atom is -0.373 e. The maximum Gasteiger partial charge on any atom is 0.0952 e. The maximum atomic E-state index is 6.01. The van der Waals surface area contributed by atoms with E-state index in [-0.39, 0.29) is 6.04 Å². The van der Waals surface area contributed by atoms with Crippen LogP contribution >= 0.6 is 0 Å². The van der Waals surface area contributed by atoms with E-state index in [1.165, 1.54) is 11.3 Å². The molecule has 0 aliphatic carbocycles. The summed E-state index contributed by atoms with van der Waals surface area (Å²) in [6.07, 6.45) is 7.96. The molecule has 0 aromatic carbocycles. The van der Waals surface area contributed by atoms with Crippen LogP contribution in [0.2, 0.25) is 0 Å².